The molecule has 4 nitrogen and oxygen atoms in total. The van der Waals surface area contributed by atoms with Crippen LogP contribution in [-0.2, 0) is 11.3 Å². The molecule has 27 heavy (non-hydrogen) atoms. The van der Waals surface area contributed by atoms with E-state index in [2.05, 4.69) is 16.7 Å². The summed E-state index contributed by atoms with van der Waals surface area (Å²) in [5.74, 6) is -0.270. The summed E-state index contributed by atoms with van der Waals surface area (Å²) in [6, 6.07) is 12.5. The molecule has 0 aliphatic carbocycles. The monoisotopic (exact) mass is 389 g/mol. The van der Waals surface area contributed by atoms with Gasteiger partial charge in [0, 0.05) is 56.0 Å². The van der Waals surface area contributed by atoms with Crippen LogP contribution < -0.4 is 4.90 Å². The van der Waals surface area contributed by atoms with Crippen LogP contribution in [-0.4, -0.2) is 55.5 Å². The van der Waals surface area contributed by atoms with E-state index in [1.54, 1.807) is 30.1 Å². The third-order valence-corrected chi connectivity index (χ3v) is 5.27. The fraction of sp³-hybridized carbons (Fsp3) is 0.381. The van der Waals surface area contributed by atoms with E-state index in [9.17, 15) is 9.18 Å². The quantitative estimate of drug-likeness (QED) is 0.782. The Kier molecular flexibility index (Phi) is 6.34. The molecule has 0 aromatic heterocycles. The van der Waals surface area contributed by atoms with Gasteiger partial charge in [-0.1, -0.05) is 35.9 Å². The van der Waals surface area contributed by atoms with Gasteiger partial charge in [-0.2, -0.15) is 0 Å². The number of aryl methyl sites for hydroxylation is 1. The van der Waals surface area contributed by atoms with Crippen molar-refractivity contribution in [3.05, 3.63) is 64.4 Å². The molecule has 2 aromatic carbocycles. The number of halogens is 2. The predicted octanol–water partition coefficient (Wildman–Crippen LogP) is 3.57. The largest absolute Gasteiger partial charge is 0.369 e. The third-order valence-electron chi connectivity index (χ3n) is 5.03. The van der Waals surface area contributed by atoms with Crippen LogP contribution in [0.1, 0.15) is 11.1 Å². The van der Waals surface area contributed by atoms with Gasteiger partial charge in [0.05, 0.1) is 6.54 Å². The third kappa shape index (κ3) is 4.99. The molecule has 0 unspecified atom stereocenters. The smallest absolute Gasteiger partial charge is 0.236 e. The summed E-state index contributed by atoms with van der Waals surface area (Å²) in [4.78, 5) is 18.6. The second-order valence-electron chi connectivity index (χ2n) is 7.04. The van der Waals surface area contributed by atoms with E-state index in [4.69, 9.17) is 11.6 Å². The summed E-state index contributed by atoms with van der Waals surface area (Å²) in [5, 5.41) is 0.739. The first-order valence-corrected chi connectivity index (χ1v) is 9.52. The molecular weight excluding hydrogens is 365 g/mol. The molecule has 0 atom stereocenters. The van der Waals surface area contributed by atoms with Crippen LogP contribution in [0.3, 0.4) is 0 Å². The molecule has 3 rings (SSSR count). The summed E-state index contributed by atoms with van der Waals surface area (Å²) >= 11 is 6.13. The average molecular weight is 390 g/mol. The number of benzene rings is 2. The van der Waals surface area contributed by atoms with Crippen molar-refractivity contribution < 1.29 is 9.18 Å². The van der Waals surface area contributed by atoms with Gasteiger partial charge in [0.1, 0.15) is 5.82 Å². The lowest BCUT2D eigenvalue weighted by Crippen LogP contribution is -2.49. The number of hydrogen-bond acceptors (Lipinski definition) is 3. The molecule has 1 aliphatic rings. The van der Waals surface area contributed by atoms with Gasteiger partial charge in [0.25, 0.3) is 0 Å². The van der Waals surface area contributed by atoms with E-state index < -0.39 is 0 Å². The molecule has 1 amide bonds. The Labute approximate surface area is 165 Å². The molecule has 0 bridgehead atoms. The van der Waals surface area contributed by atoms with E-state index in [0.29, 0.717) is 12.1 Å². The number of rotatable bonds is 5. The van der Waals surface area contributed by atoms with Gasteiger partial charge in [-0.15, -0.1) is 0 Å². The van der Waals surface area contributed by atoms with Crippen LogP contribution in [0.15, 0.2) is 42.5 Å². The van der Waals surface area contributed by atoms with Crippen molar-refractivity contribution in [2.45, 2.75) is 13.5 Å². The van der Waals surface area contributed by atoms with Crippen molar-refractivity contribution in [2.24, 2.45) is 0 Å². The summed E-state index contributed by atoms with van der Waals surface area (Å²) in [7, 11) is 1.72. The number of carbonyl (C=O) groups is 1. The molecule has 0 N–H and O–H groups in total. The summed E-state index contributed by atoms with van der Waals surface area (Å²) in [6.45, 7) is 6.05. The number of amides is 1. The maximum atomic E-state index is 13.8. The lowest BCUT2D eigenvalue weighted by Gasteiger charge is -2.37. The van der Waals surface area contributed by atoms with Gasteiger partial charge in [-0.25, -0.2) is 4.39 Å². The van der Waals surface area contributed by atoms with Crippen LogP contribution in [0, 0.1) is 12.7 Å². The minimum absolute atomic E-state index is 0.00522. The van der Waals surface area contributed by atoms with Crippen molar-refractivity contribution in [1.82, 2.24) is 9.80 Å². The van der Waals surface area contributed by atoms with Crippen molar-refractivity contribution in [2.75, 3.05) is 44.7 Å². The molecule has 144 valence electrons. The summed E-state index contributed by atoms with van der Waals surface area (Å²) < 4.78 is 13.8. The Balaban J connectivity index is 1.52. The number of nitrogens with zero attached hydrogens (tertiary/aromatic N) is 3. The van der Waals surface area contributed by atoms with Crippen LogP contribution in [0.5, 0.6) is 0 Å². The topological polar surface area (TPSA) is 26.8 Å². The van der Waals surface area contributed by atoms with E-state index in [-0.39, 0.29) is 18.3 Å². The highest BCUT2D eigenvalue weighted by atomic mass is 35.5. The first-order valence-electron chi connectivity index (χ1n) is 9.15. The van der Waals surface area contributed by atoms with Crippen molar-refractivity contribution in [1.29, 1.82) is 0 Å². The normalized spacial score (nSPS) is 15.0. The molecule has 1 fully saturated rings. The number of carbonyl (C=O) groups excluding carboxylic acids is 1. The minimum atomic E-state index is -0.275. The lowest BCUT2D eigenvalue weighted by atomic mass is 10.1. The van der Waals surface area contributed by atoms with Gasteiger partial charge < -0.3 is 9.80 Å². The highest BCUT2D eigenvalue weighted by Crippen LogP contribution is 2.25. The molecular formula is C21H25ClFN3O. The Bertz CT molecular complexity index is 806. The molecule has 0 spiro atoms. The van der Waals surface area contributed by atoms with Crippen molar-refractivity contribution >= 4 is 23.2 Å². The minimum Gasteiger partial charge on any atom is -0.369 e. The van der Waals surface area contributed by atoms with E-state index in [1.807, 2.05) is 18.2 Å². The van der Waals surface area contributed by atoms with Crippen LogP contribution >= 0.6 is 11.6 Å². The predicted molar refractivity (Wildman–Crippen MR) is 108 cm³/mol. The zero-order chi connectivity index (χ0) is 19.4. The molecule has 1 aliphatic heterocycles. The maximum absolute atomic E-state index is 13.8. The van der Waals surface area contributed by atoms with Crippen LogP contribution in [0.25, 0.3) is 0 Å². The summed E-state index contributed by atoms with van der Waals surface area (Å²) in [5.41, 5.74) is 2.90. The van der Waals surface area contributed by atoms with Crippen LogP contribution in [0.4, 0.5) is 10.1 Å². The fourth-order valence-corrected chi connectivity index (χ4v) is 3.52. The maximum Gasteiger partial charge on any atom is 0.236 e. The lowest BCUT2D eigenvalue weighted by molar-refractivity contribution is -0.131. The molecule has 0 radical (unpaired) electrons. The SMILES string of the molecule is Cc1ccc(Cl)cc1N1CCN(CC(=O)N(C)Cc2ccccc2F)CC1. The van der Waals surface area contributed by atoms with Gasteiger partial charge in [0.2, 0.25) is 5.91 Å². The molecule has 0 saturated carbocycles. The second kappa shape index (κ2) is 8.72. The molecule has 2 aromatic rings. The number of anilines is 1. The van der Waals surface area contributed by atoms with Crippen molar-refractivity contribution in [3.63, 3.8) is 0 Å². The Morgan fingerprint density at radius 2 is 1.85 bits per heavy atom. The standard InChI is InChI=1S/C21H25ClFN3O/c1-16-7-8-18(22)13-20(16)26-11-9-25(10-12-26)15-21(27)24(2)14-17-5-3-4-6-19(17)23/h3-8,13H,9-12,14-15H2,1-2H3. The fourth-order valence-electron chi connectivity index (χ4n) is 3.35. The van der Waals surface area contributed by atoms with Gasteiger partial charge in [-0.05, 0) is 30.7 Å². The van der Waals surface area contributed by atoms with E-state index in [1.165, 1.54) is 11.6 Å². The second-order valence-corrected chi connectivity index (χ2v) is 7.47. The highest BCUT2D eigenvalue weighted by Gasteiger charge is 2.22. The first-order chi connectivity index (χ1) is 12.9. The number of piperazine rings is 1. The number of hydrogen-bond donors (Lipinski definition) is 0. The zero-order valence-electron chi connectivity index (χ0n) is 15.8. The van der Waals surface area contributed by atoms with Crippen molar-refractivity contribution in [3.8, 4) is 0 Å². The molecule has 1 saturated heterocycles. The summed E-state index contributed by atoms with van der Waals surface area (Å²) in [6.07, 6.45) is 0. The van der Waals surface area contributed by atoms with Gasteiger partial charge >= 0.3 is 0 Å². The van der Waals surface area contributed by atoms with E-state index in [0.717, 1.165) is 36.9 Å². The van der Waals surface area contributed by atoms with E-state index >= 15 is 0 Å². The molecule has 1 heterocycles. The average Bonchev–Trinajstić information content (AvgIpc) is 2.66. The Morgan fingerprint density at radius 3 is 2.56 bits per heavy atom. The highest BCUT2D eigenvalue weighted by molar-refractivity contribution is 6.30. The van der Waals surface area contributed by atoms with Gasteiger partial charge in [-0.3, -0.25) is 9.69 Å². The number of likely N-dealkylation sites (N-methyl/N-ethyl adjacent to an activating group) is 1. The molecule has 6 heteroatoms. The van der Waals surface area contributed by atoms with Gasteiger partial charge in [0.15, 0.2) is 0 Å². The Hall–Kier alpha value is -2.11. The van der Waals surface area contributed by atoms with Crippen LogP contribution in [0.2, 0.25) is 5.02 Å². The first kappa shape index (κ1) is 19.6. The Morgan fingerprint density at radius 1 is 1.15 bits per heavy atom. The zero-order valence-corrected chi connectivity index (χ0v) is 16.5.